The van der Waals surface area contributed by atoms with Crippen LogP contribution in [0.5, 0.6) is 0 Å². The molecule has 0 aliphatic carbocycles. The van der Waals surface area contributed by atoms with Crippen LogP contribution in [0.1, 0.15) is 25.5 Å². The fourth-order valence-electron chi connectivity index (χ4n) is 1.60. The molecule has 0 aliphatic heterocycles. The Hall–Kier alpha value is -0.570. The molecule has 1 N–H and O–H groups in total. The van der Waals surface area contributed by atoms with Crippen LogP contribution < -0.4 is 5.32 Å². The number of methoxy groups -OCH3 is 1. The van der Waals surface area contributed by atoms with Gasteiger partial charge in [-0.1, -0.05) is 23.7 Å². The maximum atomic E-state index is 5.93. The number of ether oxygens (including phenoxy) is 1. The minimum atomic E-state index is 0.286. The second kappa shape index (κ2) is 6.11. The van der Waals surface area contributed by atoms with Crippen molar-refractivity contribution in [3.05, 3.63) is 34.9 Å². The van der Waals surface area contributed by atoms with Crippen molar-refractivity contribution in [2.75, 3.05) is 13.7 Å². The highest BCUT2D eigenvalue weighted by Crippen LogP contribution is 2.17. The maximum absolute atomic E-state index is 5.93. The van der Waals surface area contributed by atoms with Crippen LogP contribution in [-0.2, 0) is 4.74 Å². The average Bonchev–Trinajstić information content (AvgIpc) is 2.18. The van der Waals surface area contributed by atoms with Crippen LogP contribution in [0.2, 0.25) is 5.02 Å². The quantitative estimate of drug-likeness (QED) is 0.835. The normalized spacial score (nSPS) is 14.9. The number of halogens is 1. The molecule has 0 amide bonds. The van der Waals surface area contributed by atoms with Gasteiger partial charge in [-0.25, -0.2) is 0 Å². The van der Waals surface area contributed by atoms with Crippen LogP contribution in [-0.4, -0.2) is 19.8 Å². The van der Waals surface area contributed by atoms with Gasteiger partial charge in [0.25, 0.3) is 0 Å². The summed E-state index contributed by atoms with van der Waals surface area (Å²) >= 11 is 5.93. The van der Waals surface area contributed by atoms with Crippen LogP contribution in [0.3, 0.4) is 0 Å². The molecule has 0 heterocycles. The van der Waals surface area contributed by atoms with Crippen molar-refractivity contribution in [2.24, 2.45) is 0 Å². The first-order valence-electron chi connectivity index (χ1n) is 5.14. The zero-order valence-electron chi connectivity index (χ0n) is 9.46. The van der Waals surface area contributed by atoms with Gasteiger partial charge in [0.05, 0.1) is 6.61 Å². The lowest BCUT2D eigenvalue weighted by atomic mass is 10.1. The van der Waals surface area contributed by atoms with Gasteiger partial charge >= 0.3 is 0 Å². The van der Waals surface area contributed by atoms with Gasteiger partial charge in [-0.2, -0.15) is 0 Å². The predicted octanol–water partition coefficient (Wildman–Crippen LogP) is 3.03. The van der Waals surface area contributed by atoms with E-state index in [0.29, 0.717) is 12.6 Å². The van der Waals surface area contributed by atoms with E-state index in [2.05, 4.69) is 25.2 Å². The summed E-state index contributed by atoms with van der Waals surface area (Å²) in [7, 11) is 1.71. The number of hydrogen-bond acceptors (Lipinski definition) is 2. The number of rotatable bonds is 5. The summed E-state index contributed by atoms with van der Waals surface area (Å²) in [6, 6.07) is 8.53. The topological polar surface area (TPSA) is 21.3 Å². The Morgan fingerprint density at radius 2 is 2.13 bits per heavy atom. The van der Waals surface area contributed by atoms with E-state index in [1.807, 2.05) is 18.2 Å². The molecular formula is C12H18ClNO. The number of nitrogens with one attached hydrogen (secondary N) is 1. The molecule has 0 saturated carbocycles. The van der Waals surface area contributed by atoms with Crippen molar-refractivity contribution in [2.45, 2.75) is 25.9 Å². The van der Waals surface area contributed by atoms with Gasteiger partial charge in [0.2, 0.25) is 0 Å². The van der Waals surface area contributed by atoms with Crippen LogP contribution >= 0.6 is 11.6 Å². The lowest BCUT2D eigenvalue weighted by molar-refractivity contribution is 0.168. The number of benzene rings is 1. The molecule has 1 aromatic rings. The van der Waals surface area contributed by atoms with Crippen LogP contribution in [0, 0.1) is 0 Å². The zero-order valence-corrected chi connectivity index (χ0v) is 10.2. The number of hydrogen-bond donors (Lipinski definition) is 1. The predicted molar refractivity (Wildman–Crippen MR) is 64.3 cm³/mol. The molecule has 0 fully saturated rings. The smallest absolute Gasteiger partial charge is 0.0613 e. The van der Waals surface area contributed by atoms with Crippen molar-refractivity contribution >= 4 is 11.6 Å². The summed E-state index contributed by atoms with van der Waals surface area (Å²) in [5.74, 6) is 0. The van der Waals surface area contributed by atoms with Crippen molar-refractivity contribution in [1.29, 1.82) is 0 Å². The summed E-state index contributed by atoms with van der Waals surface area (Å²) in [5.41, 5.74) is 1.20. The summed E-state index contributed by atoms with van der Waals surface area (Å²) in [6.07, 6.45) is 0. The van der Waals surface area contributed by atoms with Gasteiger partial charge in [0, 0.05) is 24.2 Å². The lowest BCUT2D eigenvalue weighted by Crippen LogP contribution is -2.32. The van der Waals surface area contributed by atoms with E-state index in [0.717, 1.165) is 5.02 Å². The van der Waals surface area contributed by atoms with Crippen molar-refractivity contribution in [1.82, 2.24) is 5.32 Å². The molecule has 15 heavy (non-hydrogen) atoms. The second-order valence-corrected chi connectivity index (χ2v) is 4.24. The van der Waals surface area contributed by atoms with Gasteiger partial charge in [-0.15, -0.1) is 0 Å². The van der Waals surface area contributed by atoms with Gasteiger partial charge in [0.15, 0.2) is 0 Å². The minimum absolute atomic E-state index is 0.286. The minimum Gasteiger partial charge on any atom is -0.383 e. The molecule has 0 aliphatic rings. The monoisotopic (exact) mass is 227 g/mol. The second-order valence-electron chi connectivity index (χ2n) is 3.80. The third kappa shape index (κ3) is 4.20. The van der Waals surface area contributed by atoms with E-state index in [-0.39, 0.29) is 6.04 Å². The molecule has 0 spiro atoms. The molecule has 1 unspecified atom stereocenters. The van der Waals surface area contributed by atoms with Crippen LogP contribution in [0.25, 0.3) is 0 Å². The lowest BCUT2D eigenvalue weighted by Gasteiger charge is -2.19. The Bertz CT molecular complexity index is 303. The summed E-state index contributed by atoms with van der Waals surface area (Å²) in [4.78, 5) is 0. The van der Waals surface area contributed by atoms with E-state index in [1.54, 1.807) is 7.11 Å². The molecule has 2 atom stereocenters. The molecule has 3 heteroatoms. The highest BCUT2D eigenvalue weighted by atomic mass is 35.5. The molecule has 0 aromatic heterocycles. The Balaban J connectivity index is 2.56. The molecule has 1 aromatic carbocycles. The Morgan fingerprint density at radius 3 is 2.73 bits per heavy atom. The first-order valence-corrected chi connectivity index (χ1v) is 5.51. The largest absolute Gasteiger partial charge is 0.383 e. The Morgan fingerprint density at radius 1 is 1.40 bits per heavy atom. The third-order valence-corrected chi connectivity index (χ3v) is 2.53. The fourth-order valence-corrected chi connectivity index (χ4v) is 1.80. The SMILES string of the molecule is COCC(C)N[C@@H](C)c1cccc(Cl)c1. The van der Waals surface area contributed by atoms with Crippen molar-refractivity contribution < 1.29 is 4.74 Å². The van der Waals surface area contributed by atoms with E-state index < -0.39 is 0 Å². The molecular weight excluding hydrogens is 210 g/mol. The fraction of sp³-hybridized carbons (Fsp3) is 0.500. The van der Waals surface area contributed by atoms with Crippen LogP contribution in [0.15, 0.2) is 24.3 Å². The van der Waals surface area contributed by atoms with Crippen molar-refractivity contribution in [3.8, 4) is 0 Å². The molecule has 0 saturated heterocycles. The Kier molecular flexibility index (Phi) is 5.09. The van der Waals surface area contributed by atoms with E-state index >= 15 is 0 Å². The molecule has 0 radical (unpaired) electrons. The third-order valence-electron chi connectivity index (χ3n) is 2.30. The summed E-state index contributed by atoms with van der Waals surface area (Å²) in [6.45, 7) is 4.94. The van der Waals surface area contributed by atoms with Gasteiger partial charge < -0.3 is 10.1 Å². The molecule has 84 valence electrons. The zero-order chi connectivity index (χ0) is 11.3. The van der Waals surface area contributed by atoms with E-state index in [4.69, 9.17) is 16.3 Å². The average molecular weight is 228 g/mol. The molecule has 0 bridgehead atoms. The van der Waals surface area contributed by atoms with Gasteiger partial charge in [-0.05, 0) is 31.5 Å². The van der Waals surface area contributed by atoms with Gasteiger partial charge in [0.1, 0.15) is 0 Å². The van der Waals surface area contributed by atoms with Gasteiger partial charge in [-0.3, -0.25) is 0 Å². The van der Waals surface area contributed by atoms with E-state index in [1.165, 1.54) is 5.56 Å². The highest BCUT2D eigenvalue weighted by molar-refractivity contribution is 6.30. The van der Waals surface area contributed by atoms with Crippen molar-refractivity contribution in [3.63, 3.8) is 0 Å². The summed E-state index contributed by atoms with van der Waals surface area (Å²) in [5, 5.41) is 4.22. The first kappa shape index (κ1) is 12.5. The first-order chi connectivity index (χ1) is 7.13. The highest BCUT2D eigenvalue weighted by Gasteiger charge is 2.09. The maximum Gasteiger partial charge on any atom is 0.0613 e. The van der Waals surface area contributed by atoms with E-state index in [9.17, 15) is 0 Å². The summed E-state index contributed by atoms with van der Waals surface area (Å²) < 4.78 is 5.08. The molecule has 2 nitrogen and oxygen atoms in total. The standard InChI is InChI=1S/C12H18ClNO/c1-9(8-15-3)14-10(2)11-5-4-6-12(13)7-11/h4-7,9-10,14H,8H2,1-3H3/t9?,10-/m0/s1. The van der Waals surface area contributed by atoms with Crippen LogP contribution in [0.4, 0.5) is 0 Å². The Labute approximate surface area is 96.6 Å². The molecule has 1 rings (SSSR count).